The van der Waals surface area contributed by atoms with Gasteiger partial charge >= 0.3 is 0 Å². The Morgan fingerprint density at radius 2 is 1.90 bits per heavy atom. The third-order valence-electron chi connectivity index (χ3n) is 5.20. The Labute approximate surface area is 183 Å². The normalized spacial score (nSPS) is 11.8. The molecule has 0 spiro atoms. The number of aryl methyl sites for hydroxylation is 2. The molecule has 30 heavy (non-hydrogen) atoms. The van der Waals surface area contributed by atoms with E-state index in [9.17, 15) is 4.79 Å². The van der Waals surface area contributed by atoms with E-state index in [0.717, 1.165) is 41.8 Å². The predicted octanol–water partition coefficient (Wildman–Crippen LogP) is 4.77. The molecule has 1 amide bonds. The van der Waals surface area contributed by atoms with Gasteiger partial charge in [0, 0.05) is 41.0 Å². The third-order valence-corrected chi connectivity index (χ3v) is 6.17. The fraction of sp³-hybridized carbons (Fsp3) is 0.522. The van der Waals surface area contributed by atoms with E-state index in [2.05, 4.69) is 50.7 Å². The maximum atomic E-state index is 13.7. The monoisotopic (exact) mass is 427 g/mol. The summed E-state index contributed by atoms with van der Waals surface area (Å²) in [6.07, 6.45) is 2.72. The van der Waals surface area contributed by atoms with Crippen LogP contribution in [-0.4, -0.2) is 64.2 Å². The predicted molar refractivity (Wildman–Crippen MR) is 125 cm³/mol. The van der Waals surface area contributed by atoms with Crippen LogP contribution in [0.2, 0.25) is 0 Å². The van der Waals surface area contributed by atoms with Gasteiger partial charge in [-0.3, -0.25) is 4.79 Å². The highest BCUT2D eigenvalue weighted by Crippen LogP contribution is 2.33. The maximum Gasteiger partial charge on any atom is 0.254 e. The van der Waals surface area contributed by atoms with Gasteiger partial charge in [-0.25, -0.2) is 9.67 Å². The van der Waals surface area contributed by atoms with Crippen molar-refractivity contribution < 1.29 is 4.79 Å². The number of carbonyl (C=O) groups is 1. The number of carbonyl (C=O) groups excluding carboxylic acids is 1. The Kier molecular flexibility index (Phi) is 6.93. The second-order valence-corrected chi connectivity index (χ2v) is 9.86. The Morgan fingerprint density at radius 3 is 2.47 bits per heavy atom. The molecule has 3 aromatic heterocycles. The number of pyridine rings is 1. The standard InChI is InChI=1S/C23H33N5OS/c1-8-9-27(11-10-26(6)7)23(29)19-13-21(18-12-16(4)30-17(18)5)25-22-20(19)14-24-28(22)15(2)3/h12-15H,8-11H2,1-7H3. The first-order valence-electron chi connectivity index (χ1n) is 10.6. The third kappa shape index (κ3) is 4.57. The molecule has 162 valence electrons. The van der Waals surface area contributed by atoms with Gasteiger partial charge in [0.1, 0.15) is 0 Å². The summed E-state index contributed by atoms with van der Waals surface area (Å²) < 4.78 is 1.91. The smallest absolute Gasteiger partial charge is 0.254 e. The molecule has 0 fully saturated rings. The molecule has 7 heteroatoms. The molecule has 0 aliphatic rings. The summed E-state index contributed by atoms with van der Waals surface area (Å²) in [5.41, 5.74) is 3.41. The van der Waals surface area contributed by atoms with Crippen LogP contribution < -0.4 is 0 Å². The van der Waals surface area contributed by atoms with Gasteiger partial charge in [-0.1, -0.05) is 6.92 Å². The molecule has 0 saturated heterocycles. The number of rotatable bonds is 8. The maximum absolute atomic E-state index is 13.7. The van der Waals surface area contributed by atoms with E-state index in [1.807, 2.05) is 29.7 Å². The summed E-state index contributed by atoms with van der Waals surface area (Å²) in [6, 6.07) is 4.29. The molecule has 6 nitrogen and oxygen atoms in total. The SMILES string of the molecule is CCCN(CCN(C)C)C(=O)c1cc(-c2cc(C)sc2C)nc2c1cnn2C(C)C. The van der Waals surface area contributed by atoms with Crippen LogP contribution in [0.1, 0.15) is 53.3 Å². The summed E-state index contributed by atoms with van der Waals surface area (Å²) in [6.45, 7) is 12.8. The van der Waals surface area contributed by atoms with Crippen molar-refractivity contribution in [1.29, 1.82) is 0 Å². The van der Waals surface area contributed by atoms with Crippen molar-refractivity contribution in [2.45, 2.75) is 47.1 Å². The van der Waals surface area contributed by atoms with Gasteiger partial charge in [-0.15, -0.1) is 11.3 Å². The molecule has 0 radical (unpaired) electrons. The number of likely N-dealkylation sites (N-methyl/N-ethyl adjacent to an activating group) is 1. The van der Waals surface area contributed by atoms with E-state index >= 15 is 0 Å². The molecular weight excluding hydrogens is 394 g/mol. The van der Waals surface area contributed by atoms with Crippen LogP contribution in [0.5, 0.6) is 0 Å². The van der Waals surface area contributed by atoms with Gasteiger partial charge in [0.15, 0.2) is 5.65 Å². The number of thiophene rings is 1. The lowest BCUT2D eigenvalue weighted by atomic mass is 10.1. The molecule has 3 heterocycles. The minimum atomic E-state index is 0.0558. The fourth-order valence-electron chi connectivity index (χ4n) is 3.67. The van der Waals surface area contributed by atoms with Gasteiger partial charge in [-0.05, 0) is 60.3 Å². The van der Waals surface area contributed by atoms with Crippen molar-refractivity contribution in [3.63, 3.8) is 0 Å². The molecule has 0 aliphatic carbocycles. The number of hydrogen-bond acceptors (Lipinski definition) is 5. The van der Waals surface area contributed by atoms with Crippen molar-refractivity contribution in [3.05, 3.63) is 33.6 Å². The van der Waals surface area contributed by atoms with E-state index < -0.39 is 0 Å². The molecule has 0 aliphatic heterocycles. The molecule has 3 rings (SSSR count). The van der Waals surface area contributed by atoms with Gasteiger partial charge in [0.05, 0.1) is 22.8 Å². The van der Waals surface area contributed by atoms with Crippen LogP contribution in [0.3, 0.4) is 0 Å². The van der Waals surface area contributed by atoms with Crippen molar-refractivity contribution in [2.24, 2.45) is 0 Å². The van der Waals surface area contributed by atoms with Crippen LogP contribution >= 0.6 is 11.3 Å². The Bertz CT molecular complexity index is 1030. The second-order valence-electron chi connectivity index (χ2n) is 8.40. The van der Waals surface area contributed by atoms with Crippen molar-refractivity contribution >= 4 is 28.3 Å². The number of hydrogen-bond donors (Lipinski definition) is 0. The van der Waals surface area contributed by atoms with Crippen LogP contribution in [0.25, 0.3) is 22.3 Å². The molecule has 0 atom stereocenters. The van der Waals surface area contributed by atoms with Crippen molar-refractivity contribution in [1.82, 2.24) is 24.6 Å². The molecule has 3 aromatic rings. The average Bonchev–Trinajstić information content (AvgIpc) is 3.26. The van der Waals surface area contributed by atoms with E-state index in [-0.39, 0.29) is 11.9 Å². The highest BCUT2D eigenvalue weighted by molar-refractivity contribution is 7.12. The highest BCUT2D eigenvalue weighted by atomic mass is 32.1. The Morgan fingerprint density at radius 1 is 1.17 bits per heavy atom. The quantitative estimate of drug-likeness (QED) is 0.520. The van der Waals surface area contributed by atoms with Gasteiger partial charge < -0.3 is 9.80 Å². The molecule has 0 N–H and O–H groups in total. The fourth-order valence-corrected chi connectivity index (χ4v) is 4.61. The average molecular weight is 428 g/mol. The molecule has 0 aromatic carbocycles. The lowest BCUT2D eigenvalue weighted by Crippen LogP contribution is -2.37. The minimum absolute atomic E-state index is 0.0558. The van der Waals surface area contributed by atoms with E-state index in [4.69, 9.17) is 4.98 Å². The zero-order valence-electron chi connectivity index (χ0n) is 19.2. The first-order chi connectivity index (χ1) is 14.2. The van der Waals surface area contributed by atoms with Crippen molar-refractivity contribution in [2.75, 3.05) is 33.7 Å². The summed E-state index contributed by atoms with van der Waals surface area (Å²) in [4.78, 5) is 25.1. The zero-order valence-corrected chi connectivity index (χ0v) is 20.0. The molecule has 0 bridgehead atoms. The summed E-state index contributed by atoms with van der Waals surface area (Å²) in [5, 5.41) is 5.38. The van der Waals surface area contributed by atoms with Gasteiger partial charge in [-0.2, -0.15) is 5.10 Å². The lowest BCUT2D eigenvalue weighted by Gasteiger charge is -2.24. The van der Waals surface area contributed by atoms with Crippen LogP contribution in [-0.2, 0) is 0 Å². The minimum Gasteiger partial charge on any atom is -0.337 e. The largest absolute Gasteiger partial charge is 0.337 e. The van der Waals surface area contributed by atoms with Crippen LogP contribution in [0, 0.1) is 13.8 Å². The molecular formula is C23H33N5OS. The topological polar surface area (TPSA) is 54.3 Å². The summed E-state index contributed by atoms with van der Waals surface area (Å²) >= 11 is 1.76. The molecule has 0 saturated carbocycles. The van der Waals surface area contributed by atoms with E-state index in [1.54, 1.807) is 17.5 Å². The first-order valence-corrected chi connectivity index (χ1v) is 11.4. The van der Waals surface area contributed by atoms with Gasteiger partial charge in [0.25, 0.3) is 5.91 Å². The van der Waals surface area contributed by atoms with Crippen LogP contribution in [0.4, 0.5) is 0 Å². The number of fused-ring (bicyclic) bond motifs is 1. The van der Waals surface area contributed by atoms with E-state index in [0.29, 0.717) is 12.1 Å². The number of amides is 1. The van der Waals surface area contributed by atoms with E-state index in [1.165, 1.54) is 9.75 Å². The lowest BCUT2D eigenvalue weighted by molar-refractivity contribution is 0.0747. The first kappa shape index (κ1) is 22.4. The second kappa shape index (κ2) is 9.27. The van der Waals surface area contributed by atoms with Crippen molar-refractivity contribution in [3.8, 4) is 11.3 Å². The van der Waals surface area contributed by atoms with Crippen LogP contribution in [0.15, 0.2) is 18.3 Å². The highest BCUT2D eigenvalue weighted by Gasteiger charge is 2.23. The Balaban J connectivity index is 2.16. The molecule has 0 unspecified atom stereocenters. The number of aromatic nitrogens is 3. The van der Waals surface area contributed by atoms with Gasteiger partial charge in [0.2, 0.25) is 0 Å². The Hall–Kier alpha value is -2.25. The summed E-state index contributed by atoms with van der Waals surface area (Å²) in [5.74, 6) is 0.0558. The number of nitrogens with zero attached hydrogens (tertiary/aromatic N) is 5. The zero-order chi connectivity index (χ0) is 22.0. The summed E-state index contributed by atoms with van der Waals surface area (Å²) in [7, 11) is 4.07.